The number of ether oxygens (including phenoxy) is 1. The van der Waals surface area contributed by atoms with Crippen molar-refractivity contribution in [2.75, 3.05) is 49.1 Å². The molecule has 12 heteroatoms. The fraction of sp³-hybridized carbons (Fsp3) is 0.400. The number of anilines is 2. The Labute approximate surface area is 213 Å². The highest BCUT2D eigenvalue weighted by atomic mass is 16.5. The predicted octanol–water partition coefficient (Wildman–Crippen LogP) is 1.15. The highest BCUT2D eigenvalue weighted by Crippen LogP contribution is 2.27. The van der Waals surface area contributed by atoms with Crippen molar-refractivity contribution in [1.82, 2.24) is 30.0 Å². The number of hydrogen-bond donors (Lipinski definition) is 1. The van der Waals surface area contributed by atoms with Crippen LogP contribution in [0, 0.1) is 18.3 Å². The molecule has 0 saturated carbocycles. The number of amides is 1. The number of nitrogens with zero attached hydrogens (tertiary/aromatic N) is 8. The van der Waals surface area contributed by atoms with Gasteiger partial charge in [0.1, 0.15) is 18.4 Å². The summed E-state index contributed by atoms with van der Waals surface area (Å²) in [5.41, 5.74) is 2.16. The molecule has 3 aromatic heterocycles. The van der Waals surface area contributed by atoms with E-state index in [4.69, 9.17) is 10.00 Å². The quantitative estimate of drug-likeness (QED) is 0.522. The Balaban J connectivity index is 1.18. The van der Waals surface area contributed by atoms with Crippen molar-refractivity contribution < 1.29 is 9.53 Å². The Morgan fingerprint density at radius 3 is 2.68 bits per heavy atom. The number of aromatic amines is 1. The molecule has 0 spiro atoms. The van der Waals surface area contributed by atoms with Gasteiger partial charge in [-0.3, -0.25) is 14.6 Å². The molecule has 190 valence electrons. The van der Waals surface area contributed by atoms with Crippen LogP contribution in [0.4, 0.5) is 11.6 Å². The van der Waals surface area contributed by atoms with Crippen molar-refractivity contribution in [3.05, 3.63) is 64.1 Å². The second kappa shape index (κ2) is 10.6. The number of hydrogen-bond acceptors (Lipinski definition) is 10. The lowest BCUT2D eigenvalue weighted by Gasteiger charge is -2.34. The zero-order valence-corrected chi connectivity index (χ0v) is 20.5. The zero-order chi connectivity index (χ0) is 25.8. The first-order valence-corrected chi connectivity index (χ1v) is 12.2. The molecule has 3 aromatic rings. The van der Waals surface area contributed by atoms with Crippen LogP contribution >= 0.6 is 0 Å². The lowest BCUT2D eigenvalue weighted by Crippen LogP contribution is -2.49. The Morgan fingerprint density at radius 1 is 1.14 bits per heavy atom. The molecule has 0 bridgehead atoms. The summed E-state index contributed by atoms with van der Waals surface area (Å²) in [7, 11) is 0. The number of aromatic nitrogens is 5. The summed E-state index contributed by atoms with van der Waals surface area (Å²) >= 11 is 0. The number of carbonyl (C=O) groups is 1. The fourth-order valence-corrected chi connectivity index (χ4v) is 4.71. The van der Waals surface area contributed by atoms with E-state index in [1.807, 2.05) is 11.0 Å². The SMILES string of the molecule is Cc1c(N2CCC[C@H]2COc2cncc(C(=O)N3CCN(c4ncc(C#N)cn4)CC3)c2)cn[nH]c1=O. The second-order valence-electron chi connectivity index (χ2n) is 9.08. The molecule has 2 saturated heterocycles. The molecule has 12 nitrogen and oxygen atoms in total. The topological polar surface area (TPSA) is 144 Å². The van der Waals surface area contributed by atoms with Crippen molar-refractivity contribution in [3.63, 3.8) is 0 Å². The van der Waals surface area contributed by atoms with Crippen LogP contribution in [-0.2, 0) is 0 Å². The van der Waals surface area contributed by atoms with Gasteiger partial charge in [0.2, 0.25) is 5.95 Å². The number of H-pyrrole nitrogens is 1. The lowest BCUT2D eigenvalue weighted by atomic mass is 10.2. The Hall–Kier alpha value is -4.53. The minimum Gasteiger partial charge on any atom is -0.490 e. The largest absolute Gasteiger partial charge is 0.490 e. The maximum atomic E-state index is 13.1. The fourth-order valence-electron chi connectivity index (χ4n) is 4.71. The van der Waals surface area contributed by atoms with E-state index in [1.54, 1.807) is 36.5 Å². The monoisotopic (exact) mass is 501 g/mol. The highest BCUT2D eigenvalue weighted by molar-refractivity contribution is 5.94. The maximum absolute atomic E-state index is 13.1. The van der Waals surface area contributed by atoms with Crippen LogP contribution in [-0.4, -0.2) is 81.3 Å². The summed E-state index contributed by atoms with van der Waals surface area (Å²) < 4.78 is 6.05. The molecule has 1 N–H and O–H groups in total. The molecule has 5 rings (SSSR count). The third kappa shape index (κ3) is 5.20. The third-order valence-corrected chi connectivity index (χ3v) is 6.78. The normalized spacial score (nSPS) is 17.5. The van der Waals surface area contributed by atoms with Crippen LogP contribution in [0.25, 0.3) is 0 Å². The van der Waals surface area contributed by atoms with E-state index in [1.165, 1.54) is 12.4 Å². The number of nitrogens with one attached hydrogen (secondary N) is 1. The molecule has 1 amide bonds. The summed E-state index contributed by atoms with van der Waals surface area (Å²) in [6.45, 7) is 5.26. The molecular formula is C25H27N9O3. The lowest BCUT2D eigenvalue weighted by molar-refractivity contribution is 0.0745. The van der Waals surface area contributed by atoms with Crippen LogP contribution in [0.1, 0.15) is 34.3 Å². The molecule has 1 atom stereocenters. The van der Waals surface area contributed by atoms with E-state index in [-0.39, 0.29) is 17.5 Å². The van der Waals surface area contributed by atoms with Gasteiger partial charge in [0.25, 0.3) is 11.5 Å². The van der Waals surface area contributed by atoms with Crippen LogP contribution in [0.15, 0.2) is 41.8 Å². The summed E-state index contributed by atoms with van der Waals surface area (Å²) in [6.07, 6.45) is 9.78. The molecule has 5 heterocycles. The Kier molecular flexibility index (Phi) is 6.93. The summed E-state index contributed by atoms with van der Waals surface area (Å²) in [6, 6.07) is 3.83. The van der Waals surface area contributed by atoms with E-state index >= 15 is 0 Å². The maximum Gasteiger partial charge on any atom is 0.269 e. The molecule has 0 radical (unpaired) electrons. The summed E-state index contributed by atoms with van der Waals surface area (Å²) in [5, 5.41) is 15.3. The smallest absolute Gasteiger partial charge is 0.269 e. The second-order valence-corrected chi connectivity index (χ2v) is 9.08. The number of nitriles is 1. The van der Waals surface area contributed by atoms with E-state index in [2.05, 4.69) is 30.0 Å². The van der Waals surface area contributed by atoms with Crippen molar-refractivity contribution in [1.29, 1.82) is 5.26 Å². The molecule has 0 unspecified atom stereocenters. The Bertz CT molecular complexity index is 1360. The first-order chi connectivity index (χ1) is 18.0. The van der Waals surface area contributed by atoms with E-state index < -0.39 is 0 Å². The van der Waals surface area contributed by atoms with Gasteiger partial charge in [-0.1, -0.05) is 0 Å². The molecule has 2 fully saturated rings. The van der Waals surface area contributed by atoms with Crippen LogP contribution in [0.2, 0.25) is 0 Å². The number of piperazine rings is 1. The Morgan fingerprint density at radius 2 is 1.92 bits per heavy atom. The minimum absolute atomic E-state index is 0.0965. The molecule has 37 heavy (non-hydrogen) atoms. The highest BCUT2D eigenvalue weighted by Gasteiger charge is 2.28. The van der Waals surface area contributed by atoms with Crippen LogP contribution in [0.3, 0.4) is 0 Å². The van der Waals surface area contributed by atoms with Gasteiger partial charge in [-0.05, 0) is 25.8 Å². The van der Waals surface area contributed by atoms with E-state index in [9.17, 15) is 9.59 Å². The number of carbonyl (C=O) groups excluding carboxylic acids is 1. The van der Waals surface area contributed by atoms with Gasteiger partial charge < -0.3 is 19.4 Å². The van der Waals surface area contributed by atoms with Gasteiger partial charge in [-0.15, -0.1) is 0 Å². The van der Waals surface area contributed by atoms with Crippen molar-refractivity contribution in [2.45, 2.75) is 25.8 Å². The predicted molar refractivity (Wildman–Crippen MR) is 135 cm³/mol. The third-order valence-electron chi connectivity index (χ3n) is 6.78. The van der Waals surface area contributed by atoms with Crippen molar-refractivity contribution in [2.24, 2.45) is 0 Å². The molecular weight excluding hydrogens is 474 g/mol. The van der Waals surface area contributed by atoms with Gasteiger partial charge in [-0.2, -0.15) is 10.4 Å². The van der Waals surface area contributed by atoms with Gasteiger partial charge >= 0.3 is 0 Å². The average molecular weight is 502 g/mol. The number of rotatable bonds is 6. The van der Waals surface area contributed by atoms with Crippen molar-refractivity contribution in [3.8, 4) is 11.8 Å². The van der Waals surface area contributed by atoms with Crippen LogP contribution in [0.5, 0.6) is 5.75 Å². The average Bonchev–Trinajstić information content (AvgIpc) is 3.42. The molecule has 0 aromatic carbocycles. The van der Waals surface area contributed by atoms with Crippen molar-refractivity contribution >= 4 is 17.5 Å². The molecule has 2 aliphatic rings. The number of pyridine rings is 1. The first kappa shape index (κ1) is 24.2. The van der Waals surface area contributed by atoms with Gasteiger partial charge in [-0.25, -0.2) is 15.1 Å². The van der Waals surface area contributed by atoms with Gasteiger partial charge in [0.05, 0.1) is 47.6 Å². The zero-order valence-electron chi connectivity index (χ0n) is 20.5. The van der Waals surface area contributed by atoms with Crippen LogP contribution < -0.4 is 20.1 Å². The summed E-state index contributed by atoms with van der Waals surface area (Å²) in [5.74, 6) is 0.976. The standard InChI is InChI=1S/C25H27N9O3/c1-17-22(15-30-31-23(17)35)34-4-2-3-20(34)16-37-21-9-19(13-27-14-21)24(36)32-5-7-33(8-6-32)25-28-11-18(10-26)12-29-25/h9,11-15,20H,2-8,16H2,1H3,(H,31,35)/t20-/m0/s1. The molecule has 2 aliphatic heterocycles. The van der Waals surface area contributed by atoms with E-state index in [0.29, 0.717) is 61.2 Å². The first-order valence-electron chi connectivity index (χ1n) is 12.2. The van der Waals surface area contributed by atoms with Gasteiger partial charge in [0.15, 0.2) is 0 Å². The summed E-state index contributed by atoms with van der Waals surface area (Å²) in [4.78, 5) is 43.8. The van der Waals surface area contributed by atoms with E-state index in [0.717, 1.165) is 25.1 Å². The van der Waals surface area contributed by atoms with Gasteiger partial charge in [0, 0.05) is 44.5 Å². The minimum atomic E-state index is -0.190. The molecule has 0 aliphatic carbocycles.